The third-order valence-corrected chi connectivity index (χ3v) is 6.28. The molecule has 0 saturated heterocycles. The average molecular weight is 378 g/mol. The summed E-state index contributed by atoms with van der Waals surface area (Å²) in [6.45, 7) is 4.19. The van der Waals surface area contributed by atoms with Crippen molar-refractivity contribution < 1.29 is 14.6 Å². The van der Waals surface area contributed by atoms with E-state index in [-0.39, 0.29) is 18.6 Å². The van der Waals surface area contributed by atoms with Gasteiger partial charge in [0, 0.05) is 11.1 Å². The van der Waals surface area contributed by atoms with Crippen molar-refractivity contribution >= 4 is 11.5 Å². The summed E-state index contributed by atoms with van der Waals surface area (Å²) in [4.78, 5) is 30.3. The van der Waals surface area contributed by atoms with E-state index in [9.17, 15) is 14.7 Å². The number of esters is 1. The van der Waals surface area contributed by atoms with Gasteiger partial charge < -0.3 is 14.4 Å². The van der Waals surface area contributed by atoms with Crippen LogP contribution in [0.1, 0.15) is 61.1 Å². The Morgan fingerprint density at radius 1 is 1.21 bits per heavy atom. The Hall–Kier alpha value is -2.73. The van der Waals surface area contributed by atoms with Gasteiger partial charge in [0.1, 0.15) is 6.61 Å². The van der Waals surface area contributed by atoms with E-state index in [0.717, 1.165) is 36.2 Å². The first-order valence-corrected chi connectivity index (χ1v) is 9.87. The number of aromatic nitrogens is 2. The van der Waals surface area contributed by atoms with Crippen molar-refractivity contribution in [3.63, 3.8) is 0 Å². The summed E-state index contributed by atoms with van der Waals surface area (Å²) in [5.41, 5.74) is 4.66. The number of carbonyl (C=O) groups excluding carboxylic acids is 1. The molecule has 5 rings (SSSR count). The highest BCUT2D eigenvalue weighted by atomic mass is 16.6. The SMILES string of the molecule is CCC1=CCCc2cc3c(nc21)-c1cc2c(c(=O)n1C3)COC(=O)[C@]2(O)CC. The van der Waals surface area contributed by atoms with Crippen LogP contribution in [0, 0.1) is 0 Å². The van der Waals surface area contributed by atoms with Crippen molar-refractivity contribution in [3.05, 3.63) is 56.5 Å². The normalized spacial score (nSPS) is 22.0. The molecule has 0 unspecified atom stereocenters. The molecule has 1 aliphatic carbocycles. The second-order valence-corrected chi connectivity index (χ2v) is 7.73. The van der Waals surface area contributed by atoms with E-state index in [1.807, 2.05) is 0 Å². The van der Waals surface area contributed by atoms with Crippen LogP contribution in [0.5, 0.6) is 0 Å². The van der Waals surface area contributed by atoms with Gasteiger partial charge in [0.2, 0.25) is 0 Å². The molecule has 0 aromatic carbocycles. The first-order valence-electron chi connectivity index (χ1n) is 9.87. The topological polar surface area (TPSA) is 81.4 Å². The molecule has 4 heterocycles. The highest BCUT2D eigenvalue weighted by molar-refractivity contribution is 5.84. The fraction of sp³-hybridized carbons (Fsp3) is 0.409. The molecule has 28 heavy (non-hydrogen) atoms. The number of pyridine rings is 2. The van der Waals surface area contributed by atoms with E-state index in [2.05, 4.69) is 19.1 Å². The number of cyclic esters (lactones) is 1. The number of allylic oxidation sites excluding steroid dienone is 2. The van der Waals surface area contributed by atoms with E-state index in [0.29, 0.717) is 23.4 Å². The molecular formula is C22H22N2O4. The van der Waals surface area contributed by atoms with E-state index in [1.54, 1.807) is 17.6 Å². The molecule has 1 N–H and O–H groups in total. The smallest absolute Gasteiger partial charge is 0.343 e. The van der Waals surface area contributed by atoms with Gasteiger partial charge in [-0.25, -0.2) is 9.78 Å². The van der Waals surface area contributed by atoms with Crippen LogP contribution in [-0.4, -0.2) is 20.6 Å². The summed E-state index contributed by atoms with van der Waals surface area (Å²) < 4.78 is 6.80. The highest BCUT2D eigenvalue weighted by Gasteiger charge is 2.45. The lowest BCUT2D eigenvalue weighted by molar-refractivity contribution is -0.172. The second kappa shape index (κ2) is 5.88. The standard InChI is InChI=1S/C22H22N2O4/c1-3-12-6-5-7-13-8-14-10-24-17(19(14)23-18(12)13)9-16-15(20(24)25)11-28-21(26)22(16,27)4-2/h6,8-9,27H,3-5,7,10-11H2,1-2H3/t22-/m0/s1. The Bertz CT molecular complexity index is 1130. The molecule has 144 valence electrons. The summed E-state index contributed by atoms with van der Waals surface area (Å²) in [6.07, 6.45) is 5.27. The first-order chi connectivity index (χ1) is 13.5. The molecule has 6 nitrogen and oxygen atoms in total. The molecule has 2 aliphatic heterocycles. The average Bonchev–Trinajstić information content (AvgIpc) is 3.07. The van der Waals surface area contributed by atoms with Gasteiger partial charge in [-0.1, -0.05) is 19.9 Å². The van der Waals surface area contributed by atoms with E-state index in [4.69, 9.17) is 9.72 Å². The highest BCUT2D eigenvalue weighted by Crippen LogP contribution is 2.39. The summed E-state index contributed by atoms with van der Waals surface area (Å²) in [5.74, 6) is -0.695. The van der Waals surface area contributed by atoms with Crippen LogP contribution in [0.4, 0.5) is 0 Å². The summed E-state index contributed by atoms with van der Waals surface area (Å²) in [7, 11) is 0. The van der Waals surface area contributed by atoms with E-state index >= 15 is 0 Å². The quantitative estimate of drug-likeness (QED) is 0.694. The molecule has 0 amide bonds. The van der Waals surface area contributed by atoms with Gasteiger partial charge in [0.15, 0.2) is 5.60 Å². The summed E-state index contributed by atoms with van der Waals surface area (Å²) in [6, 6.07) is 3.93. The predicted molar refractivity (Wildman–Crippen MR) is 104 cm³/mol. The van der Waals surface area contributed by atoms with Crippen LogP contribution >= 0.6 is 0 Å². The zero-order chi connectivity index (χ0) is 19.6. The minimum Gasteiger partial charge on any atom is -0.458 e. The molecule has 1 atom stereocenters. The number of fused-ring (bicyclic) bond motifs is 5. The number of aliphatic hydroxyl groups is 1. The third kappa shape index (κ3) is 2.15. The van der Waals surface area contributed by atoms with Crippen LogP contribution < -0.4 is 5.56 Å². The first kappa shape index (κ1) is 17.4. The van der Waals surface area contributed by atoms with Crippen molar-refractivity contribution in [3.8, 4) is 11.4 Å². The van der Waals surface area contributed by atoms with Gasteiger partial charge in [-0.3, -0.25) is 4.79 Å². The zero-order valence-corrected chi connectivity index (χ0v) is 16.0. The fourth-order valence-electron chi connectivity index (χ4n) is 4.65. The lowest BCUT2D eigenvalue weighted by atomic mass is 9.86. The Morgan fingerprint density at radius 3 is 2.79 bits per heavy atom. The third-order valence-electron chi connectivity index (χ3n) is 6.28. The maximum Gasteiger partial charge on any atom is 0.343 e. The second-order valence-electron chi connectivity index (χ2n) is 7.73. The molecule has 2 aromatic heterocycles. The van der Waals surface area contributed by atoms with Crippen molar-refractivity contribution in [2.45, 2.75) is 58.3 Å². The number of rotatable bonds is 2. The Kier molecular flexibility index (Phi) is 3.65. The number of carbonyl (C=O) groups is 1. The van der Waals surface area contributed by atoms with Gasteiger partial charge in [-0.15, -0.1) is 0 Å². The monoisotopic (exact) mass is 378 g/mol. The molecule has 6 heteroatoms. The zero-order valence-electron chi connectivity index (χ0n) is 16.0. The molecular weight excluding hydrogens is 356 g/mol. The van der Waals surface area contributed by atoms with Crippen LogP contribution in [0.3, 0.4) is 0 Å². The summed E-state index contributed by atoms with van der Waals surface area (Å²) in [5, 5.41) is 10.9. The van der Waals surface area contributed by atoms with Gasteiger partial charge in [-0.05, 0) is 49.0 Å². The van der Waals surface area contributed by atoms with Crippen LogP contribution in [-0.2, 0) is 34.7 Å². The largest absolute Gasteiger partial charge is 0.458 e. The minimum absolute atomic E-state index is 0.0986. The van der Waals surface area contributed by atoms with Crippen molar-refractivity contribution in [2.75, 3.05) is 0 Å². The van der Waals surface area contributed by atoms with Crippen molar-refractivity contribution in [2.24, 2.45) is 0 Å². The Morgan fingerprint density at radius 2 is 2.04 bits per heavy atom. The summed E-state index contributed by atoms with van der Waals surface area (Å²) >= 11 is 0. The van der Waals surface area contributed by atoms with Crippen LogP contribution in [0.25, 0.3) is 17.0 Å². The molecule has 0 radical (unpaired) electrons. The van der Waals surface area contributed by atoms with Gasteiger partial charge in [0.05, 0.1) is 29.2 Å². The molecule has 2 aromatic rings. The van der Waals surface area contributed by atoms with Crippen molar-refractivity contribution in [1.29, 1.82) is 0 Å². The number of aryl methyl sites for hydroxylation is 1. The minimum atomic E-state index is -1.78. The lowest BCUT2D eigenvalue weighted by Gasteiger charge is -2.31. The van der Waals surface area contributed by atoms with Gasteiger partial charge in [-0.2, -0.15) is 0 Å². The fourth-order valence-corrected chi connectivity index (χ4v) is 4.65. The number of ether oxygens (including phenoxy) is 1. The number of hydrogen-bond donors (Lipinski definition) is 1. The molecule has 0 bridgehead atoms. The molecule has 0 saturated carbocycles. The molecule has 0 fully saturated rings. The Labute approximate surface area is 162 Å². The Balaban J connectivity index is 1.75. The maximum atomic E-state index is 13.1. The number of hydrogen-bond acceptors (Lipinski definition) is 5. The van der Waals surface area contributed by atoms with E-state index < -0.39 is 11.6 Å². The van der Waals surface area contributed by atoms with Gasteiger partial charge in [0.25, 0.3) is 5.56 Å². The van der Waals surface area contributed by atoms with Crippen LogP contribution in [0.15, 0.2) is 23.0 Å². The molecule has 0 spiro atoms. The maximum absolute atomic E-state index is 13.1. The molecule has 3 aliphatic rings. The van der Waals surface area contributed by atoms with Crippen molar-refractivity contribution in [1.82, 2.24) is 9.55 Å². The van der Waals surface area contributed by atoms with Gasteiger partial charge >= 0.3 is 5.97 Å². The predicted octanol–water partition coefficient (Wildman–Crippen LogP) is 2.67. The number of nitrogens with zero attached hydrogens (tertiary/aromatic N) is 2. The van der Waals surface area contributed by atoms with Crippen LogP contribution in [0.2, 0.25) is 0 Å². The van der Waals surface area contributed by atoms with E-state index in [1.165, 1.54) is 11.1 Å². The lowest BCUT2D eigenvalue weighted by Crippen LogP contribution is -2.44.